The monoisotopic (exact) mass is 358 g/mol. The van der Waals surface area contributed by atoms with Crippen molar-refractivity contribution in [2.24, 2.45) is 0 Å². The second-order valence-electron chi connectivity index (χ2n) is 4.87. The van der Waals surface area contributed by atoms with Crippen molar-refractivity contribution < 1.29 is 14.1 Å². The summed E-state index contributed by atoms with van der Waals surface area (Å²) < 4.78 is 10.4. The van der Waals surface area contributed by atoms with E-state index in [1.165, 1.54) is 24.9 Å². The molecule has 0 aliphatic carbocycles. The summed E-state index contributed by atoms with van der Waals surface area (Å²) in [6.45, 7) is 0. The second-order valence-corrected chi connectivity index (χ2v) is 5.64. The highest BCUT2D eigenvalue weighted by atomic mass is 32.2. The van der Waals surface area contributed by atoms with Crippen molar-refractivity contribution in [3.8, 4) is 17.2 Å². The molecule has 0 unspecified atom stereocenters. The Morgan fingerprint density at radius 3 is 2.76 bits per heavy atom. The third kappa shape index (κ3) is 3.72. The molecule has 0 bridgehead atoms. The zero-order chi connectivity index (χ0) is 17.8. The summed E-state index contributed by atoms with van der Waals surface area (Å²) in [4.78, 5) is 19.6. The molecule has 128 valence electrons. The van der Waals surface area contributed by atoms with E-state index in [-0.39, 0.29) is 5.69 Å². The molecule has 0 amide bonds. The lowest BCUT2D eigenvalue weighted by Gasteiger charge is -2.09. The van der Waals surface area contributed by atoms with Crippen molar-refractivity contribution in [3.05, 3.63) is 52.8 Å². The van der Waals surface area contributed by atoms with Crippen molar-refractivity contribution >= 4 is 29.0 Å². The summed E-state index contributed by atoms with van der Waals surface area (Å²) in [5.41, 5.74) is 0.785. The van der Waals surface area contributed by atoms with Crippen LogP contribution in [0.5, 0.6) is 5.75 Å². The number of rotatable bonds is 6. The number of nitro groups is 1. The van der Waals surface area contributed by atoms with Crippen LogP contribution in [0.1, 0.15) is 0 Å². The average Bonchev–Trinajstić information content (AvgIpc) is 3.16. The van der Waals surface area contributed by atoms with Crippen LogP contribution < -0.4 is 10.1 Å². The van der Waals surface area contributed by atoms with Crippen LogP contribution in [0.15, 0.2) is 52.2 Å². The molecular weight excluding hydrogens is 344 g/mol. The van der Waals surface area contributed by atoms with Gasteiger partial charge < -0.3 is 14.5 Å². The SMILES string of the molecule is COc1ccc(Nc2cc(-c3ccco3)nc(SC)n2)c([N+](=O)[O-])c1. The number of furan rings is 1. The molecule has 0 aliphatic rings. The lowest BCUT2D eigenvalue weighted by Crippen LogP contribution is -2.01. The third-order valence-corrected chi connectivity index (χ3v) is 3.87. The van der Waals surface area contributed by atoms with Crippen molar-refractivity contribution in [1.29, 1.82) is 0 Å². The number of nitrogens with one attached hydrogen (secondary N) is 1. The number of hydrogen-bond donors (Lipinski definition) is 1. The van der Waals surface area contributed by atoms with Crippen LogP contribution >= 0.6 is 11.8 Å². The summed E-state index contributed by atoms with van der Waals surface area (Å²) in [5, 5.41) is 14.8. The fraction of sp³-hybridized carbons (Fsp3) is 0.125. The Hall–Kier alpha value is -3.07. The summed E-state index contributed by atoms with van der Waals surface area (Å²) in [5.74, 6) is 1.42. The average molecular weight is 358 g/mol. The zero-order valence-electron chi connectivity index (χ0n) is 13.4. The van der Waals surface area contributed by atoms with E-state index in [9.17, 15) is 10.1 Å². The molecule has 0 spiro atoms. The number of ether oxygens (including phenoxy) is 1. The highest BCUT2D eigenvalue weighted by molar-refractivity contribution is 7.98. The van der Waals surface area contributed by atoms with Crippen LogP contribution in [0.2, 0.25) is 0 Å². The van der Waals surface area contributed by atoms with Gasteiger partial charge in [0.25, 0.3) is 5.69 Å². The topological polar surface area (TPSA) is 103 Å². The van der Waals surface area contributed by atoms with E-state index in [0.29, 0.717) is 33.9 Å². The standard InChI is InChI=1S/C16H14N4O4S/c1-23-10-5-6-11(13(8-10)20(21)22)17-15-9-12(14-4-3-7-24-14)18-16(19-15)25-2/h3-9H,1-2H3,(H,17,18,19). The summed E-state index contributed by atoms with van der Waals surface area (Å²) >= 11 is 1.36. The smallest absolute Gasteiger partial charge is 0.296 e. The van der Waals surface area contributed by atoms with Crippen molar-refractivity contribution in [3.63, 3.8) is 0 Å². The molecule has 0 aliphatic heterocycles. The predicted molar refractivity (Wildman–Crippen MR) is 94.4 cm³/mol. The van der Waals surface area contributed by atoms with Crippen molar-refractivity contribution in [1.82, 2.24) is 9.97 Å². The molecule has 8 nitrogen and oxygen atoms in total. The molecule has 0 atom stereocenters. The van der Waals surface area contributed by atoms with Gasteiger partial charge in [-0.05, 0) is 30.5 Å². The van der Waals surface area contributed by atoms with Gasteiger partial charge in [-0.2, -0.15) is 0 Å². The Bertz CT molecular complexity index is 899. The van der Waals surface area contributed by atoms with E-state index < -0.39 is 4.92 Å². The van der Waals surface area contributed by atoms with E-state index in [0.717, 1.165) is 0 Å². The molecule has 3 rings (SSSR count). The maximum Gasteiger partial charge on any atom is 0.296 e. The van der Waals surface area contributed by atoms with Crippen molar-refractivity contribution in [2.45, 2.75) is 5.16 Å². The molecule has 0 fully saturated rings. The predicted octanol–water partition coefficient (Wildman–Crippen LogP) is 4.12. The number of nitrogens with zero attached hydrogens (tertiary/aromatic N) is 3. The first-order chi connectivity index (χ1) is 12.1. The first kappa shape index (κ1) is 16.8. The molecular formula is C16H14N4O4S. The van der Waals surface area contributed by atoms with E-state index >= 15 is 0 Å². The minimum atomic E-state index is -0.477. The quantitative estimate of drug-likeness (QED) is 0.304. The number of hydrogen-bond acceptors (Lipinski definition) is 8. The molecule has 1 aromatic carbocycles. The largest absolute Gasteiger partial charge is 0.496 e. The van der Waals surface area contributed by atoms with Gasteiger partial charge in [-0.15, -0.1) is 0 Å². The van der Waals surface area contributed by atoms with Gasteiger partial charge in [-0.25, -0.2) is 9.97 Å². The Morgan fingerprint density at radius 2 is 2.12 bits per heavy atom. The number of aromatic nitrogens is 2. The van der Waals surface area contributed by atoms with E-state index in [2.05, 4.69) is 15.3 Å². The summed E-state index contributed by atoms with van der Waals surface area (Å²) in [6.07, 6.45) is 3.40. The molecule has 0 saturated carbocycles. The van der Waals surface area contributed by atoms with Gasteiger partial charge in [-0.3, -0.25) is 10.1 Å². The van der Waals surface area contributed by atoms with Crippen LogP contribution in [0.3, 0.4) is 0 Å². The Kier molecular flexibility index (Phi) is 4.85. The molecule has 25 heavy (non-hydrogen) atoms. The number of anilines is 2. The lowest BCUT2D eigenvalue weighted by atomic mass is 10.2. The first-order valence-electron chi connectivity index (χ1n) is 7.17. The van der Waals surface area contributed by atoms with Gasteiger partial charge in [0.1, 0.15) is 22.9 Å². The van der Waals surface area contributed by atoms with Crippen LogP contribution in [-0.2, 0) is 0 Å². The molecule has 0 saturated heterocycles. The van der Waals surface area contributed by atoms with Gasteiger partial charge in [0.2, 0.25) is 0 Å². The summed E-state index contributed by atoms with van der Waals surface area (Å²) in [7, 11) is 1.46. The van der Waals surface area contributed by atoms with Crippen LogP contribution in [-0.4, -0.2) is 28.3 Å². The number of methoxy groups -OCH3 is 1. The van der Waals surface area contributed by atoms with Crippen LogP contribution in [0.25, 0.3) is 11.5 Å². The lowest BCUT2D eigenvalue weighted by molar-refractivity contribution is -0.384. The maximum atomic E-state index is 11.3. The fourth-order valence-electron chi connectivity index (χ4n) is 2.16. The van der Waals surface area contributed by atoms with E-state index in [1.807, 2.05) is 6.26 Å². The number of thioether (sulfide) groups is 1. The van der Waals surface area contributed by atoms with Gasteiger partial charge in [0.05, 0.1) is 24.4 Å². The highest BCUT2D eigenvalue weighted by Gasteiger charge is 2.17. The molecule has 0 radical (unpaired) electrons. The van der Waals surface area contributed by atoms with Gasteiger partial charge in [-0.1, -0.05) is 11.8 Å². The molecule has 9 heteroatoms. The molecule has 2 heterocycles. The number of nitro benzene ring substituents is 1. The van der Waals surface area contributed by atoms with E-state index in [4.69, 9.17) is 9.15 Å². The fourth-order valence-corrected chi connectivity index (χ4v) is 2.54. The van der Waals surface area contributed by atoms with E-state index in [1.54, 1.807) is 36.6 Å². The molecule has 2 aromatic heterocycles. The van der Waals surface area contributed by atoms with Crippen LogP contribution in [0, 0.1) is 10.1 Å². The molecule has 1 N–H and O–H groups in total. The summed E-state index contributed by atoms with van der Waals surface area (Å²) in [6, 6.07) is 9.78. The Labute approximate surface area is 147 Å². The normalized spacial score (nSPS) is 10.5. The second kappa shape index (κ2) is 7.22. The Morgan fingerprint density at radius 1 is 1.28 bits per heavy atom. The minimum absolute atomic E-state index is 0.108. The molecule has 3 aromatic rings. The van der Waals surface area contributed by atoms with Gasteiger partial charge in [0, 0.05) is 6.07 Å². The van der Waals surface area contributed by atoms with Gasteiger partial charge in [0.15, 0.2) is 10.9 Å². The first-order valence-corrected chi connectivity index (χ1v) is 8.39. The third-order valence-electron chi connectivity index (χ3n) is 3.33. The van der Waals surface area contributed by atoms with Crippen molar-refractivity contribution in [2.75, 3.05) is 18.7 Å². The Balaban J connectivity index is 2.00. The number of benzene rings is 1. The van der Waals surface area contributed by atoms with Crippen LogP contribution in [0.4, 0.5) is 17.2 Å². The highest BCUT2D eigenvalue weighted by Crippen LogP contribution is 2.32. The zero-order valence-corrected chi connectivity index (χ0v) is 14.2. The van der Waals surface area contributed by atoms with Gasteiger partial charge >= 0.3 is 0 Å². The maximum absolute atomic E-state index is 11.3. The minimum Gasteiger partial charge on any atom is -0.496 e.